The van der Waals surface area contributed by atoms with Crippen molar-refractivity contribution in [1.29, 1.82) is 0 Å². The van der Waals surface area contributed by atoms with Gasteiger partial charge in [-0.1, -0.05) is 20.8 Å². The third-order valence-electron chi connectivity index (χ3n) is 3.32. The van der Waals surface area contributed by atoms with Crippen LogP contribution in [0.5, 0.6) is 0 Å². The lowest BCUT2D eigenvalue weighted by Crippen LogP contribution is -2.50. The Morgan fingerprint density at radius 1 is 1.42 bits per heavy atom. The van der Waals surface area contributed by atoms with Gasteiger partial charge in [0.05, 0.1) is 17.8 Å². The summed E-state index contributed by atoms with van der Waals surface area (Å²) in [5.74, 6) is -0.130. The minimum absolute atomic E-state index is 0.130. The molecule has 5 heteroatoms. The van der Waals surface area contributed by atoms with Crippen LogP contribution in [0.2, 0.25) is 0 Å². The highest BCUT2D eigenvalue weighted by Crippen LogP contribution is 2.33. The van der Waals surface area contributed by atoms with E-state index in [0.717, 1.165) is 5.69 Å². The van der Waals surface area contributed by atoms with E-state index in [1.165, 1.54) is 0 Å². The molecule has 19 heavy (non-hydrogen) atoms. The standard InChI is InChI=1S/C14H25N3O2/c1-13(2,3)11(18)14(4,5)12(19)16-7-6-10-8-15-9-17-10/h8-9,11,18H,6-7H2,1-5H3,(H,15,17)(H,16,19). The first kappa shape index (κ1) is 15.7. The molecule has 0 fully saturated rings. The second-order valence-corrected chi connectivity index (χ2v) is 6.57. The Morgan fingerprint density at radius 3 is 2.53 bits per heavy atom. The molecule has 0 spiro atoms. The van der Waals surface area contributed by atoms with Gasteiger partial charge in [0.1, 0.15) is 0 Å². The second-order valence-electron chi connectivity index (χ2n) is 6.57. The number of imidazole rings is 1. The molecule has 0 saturated heterocycles. The molecule has 1 aromatic rings. The number of carbonyl (C=O) groups excluding carboxylic acids is 1. The number of aromatic nitrogens is 2. The number of rotatable bonds is 5. The van der Waals surface area contributed by atoms with Crippen molar-refractivity contribution in [2.24, 2.45) is 10.8 Å². The van der Waals surface area contributed by atoms with Crippen molar-refractivity contribution in [1.82, 2.24) is 15.3 Å². The zero-order valence-corrected chi connectivity index (χ0v) is 12.4. The van der Waals surface area contributed by atoms with Gasteiger partial charge in [0, 0.05) is 24.9 Å². The summed E-state index contributed by atoms with van der Waals surface area (Å²) in [4.78, 5) is 19.1. The molecule has 1 unspecified atom stereocenters. The molecular weight excluding hydrogens is 242 g/mol. The lowest BCUT2D eigenvalue weighted by molar-refractivity contribution is -0.140. The number of aliphatic hydroxyl groups excluding tert-OH is 1. The van der Waals surface area contributed by atoms with Crippen molar-refractivity contribution < 1.29 is 9.90 Å². The molecule has 5 nitrogen and oxygen atoms in total. The molecule has 0 bridgehead atoms. The Morgan fingerprint density at radius 2 is 2.05 bits per heavy atom. The average molecular weight is 267 g/mol. The summed E-state index contributed by atoms with van der Waals surface area (Å²) in [5.41, 5.74) is -0.161. The lowest BCUT2D eigenvalue weighted by Gasteiger charge is -2.37. The predicted molar refractivity (Wildman–Crippen MR) is 74.5 cm³/mol. The Kier molecular flexibility index (Phi) is 4.74. The molecule has 0 aliphatic rings. The van der Waals surface area contributed by atoms with Crippen LogP contribution in [0.4, 0.5) is 0 Å². The second kappa shape index (κ2) is 5.74. The van der Waals surface area contributed by atoms with Gasteiger partial charge in [0.15, 0.2) is 0 Å². The van der Waals surface area contributed by atoms with Gasteiger partial charge in [-0.25, -0.2) is 4.98 Å². The molecule has 1 amide bonds. The van der Waals surface area contributed by atoms with Crippen LogP contribution in [0.15, 0.2) is 12.5 Å². The lowest BCUT2D eigenvalue weighted by atomic mass is 9.72. The fourth-order valence-electron chi connectivity index (χ4n) is 2.17. The molecule has 1 heterocycles. The first-order valence-electron chi connectivity index (χ1n) is 6.59. The number of hydrogen-bond donors (Lipinski definition) is 3. The van der Waals surface area contributed by atoms with Crippen LogP contribution in [0.3, 0.4) is 0 Å². The smallest absolute Gasteiger partial charge is 0.228 e. The third kappa shape index (κ3) is 4.06. The summed E-state index contributed by atoms with van der Waals surface area (Å²) in [6.07, 6.45) is 3.35. The van der Waals surface area contributed by atoms with E-state index in [-0.39, 0.29) is 11.3 Å². The van der Waals surface area contributed by atoms with E-state index < -0.39 is 11.5 Å². The number of aliphatic hydroxyl groups is 1. The summed E-state index contributed by atoms with van der Waals surface area (Å²) >= 11 is 0. The van der Waals surface area contributed by atoms with Crippen LogP contribution in [-0.2, 0) is 11.2 Å². The fraction of sp³-hybridized carbons (Fsp3) is 0.714. The highest BCUT2D eigenvalue weighted by atomic mass is 16.3. The maximum absolute atomic E-state index is 12.2. The normalized spacial score (nSPS) is 14.2. The zero-order chi connectivity index (χ0) is 14.7. The van der Waals surface area contributed by atoms with E-state index >= 15 is 0 Å². The van der Waals surface area contributed by atoms with Crippen molar-refractivity contribution in [2.45, 2.75) is 47.1 Å². The summed E-state index contributed by atoms with van der Waals surface area (Å²) in [6, 6.07) is 0. The van der Waals surface area contributed by atoms with Crippen LogP contribution < -0.4 is 5.32 Å². The number of aromatic amines is 1. The predicted octanol–water partition coefficient (Wildman–Crippen LogP) is 1.50. The zero-order valence-electron chi connectivity index (χ0n) is 12.4. The van der Waals surface area contributed by atoms with Crippen molar-refractivity contribution in [2.75, 3.05) is 6.54 Å². The van der Waals surface area contributed by atoms with Crippen LogP contribution in [0.25, 0.3) is 0 Å². The minimum Gasteiger partial charge on any atom is -0.391 e. The van der Waals surface area contributed by atoms with Crippen LogP contribution in [-0.4, -0.2) is 33.6 Å². The molecule has 0 aromatic carbocycles. The van der Waals surface area contributed by atoms with Crippen LogP contribution >= 0.6 is 0 Å². The number of hydrogen-bond acceptors (Lipinski definition) is 3. The number of carbonyl (C=O) groups is 1. The molecule has 0 saturated carbocycles. The molecule has 1 aromatic heterocycles. The summed E-state index contributed by atoms with van der Waals surface area (Å²) in [6.45, 7) is 9.86. The molecule has 1 atom stereocenters. The molecule has 1 rings (SSSR count). The van der Waals surface area contributed by atoms with Gasteiger partial charge < -0.3 is 15.4 Å². The minimum atomic E-state index is -0.813. The summed E-state index contributed by atoms with van der Waals surface area (Å²) in [7, 11) is 0. The Labute approximate surface area is 114 Å². The third-order valence-corrected chi connectivity index (χ3v) is 3.32. The van der Waals surface area contributed by atoms with Crippen molar-refractivity contribution in [3.63, 3.8) is 0 Å². The van der Waals surface area contributed by atoms with Crippen molar-refractivity contribution in [3.05, 3.63) is 18.2 Å². The van der Waals surface area contributed by atoms with E-state index in [4.69, 9.17) is 0 Å². The number of amides is 1. The van der Waals surface area contributed by atoms with Crippen LogP contribution in [0.1, 0.15) is 40.3 Å². The van der Waals surface area contributed by atoms with E-state index in [2.05, 4.69) is 15.3 Å². The van der Waals surface area contributed by atoms with Gasteiger partial charge in [-0.3, -0.25) is 4.79 Å². The van der Waals surface area contributed by atoms with E-state index in [9.17, 15) is 9.90 Å². The van der Waals surface area contributed by atoms with E-state index in [0.29, 0.717) is 13.0 Å². The molecule has 0 aliphatic carbocycles. The van der Waals surface area contributed by atoms with Gasteiger partial charge in [-0.15, -0.1) is 0 Å². The van der Waals surface area contributed by atoms with Gasteiger partial charge in [0.2, 0.25) is 5.91 Å². The average Bonchev–Trinajstić information content (AvgIpc) is 2.79. The van der Waals surface area contributed by atoms with E-state index in [1.54, 1.807) is 26.4 Å². The maximum atomic E-state index is 12.2. The van der Waals surface area contributed by atoms with Gasteiger partial charge in [-0.2, -0.15) is 0 Å². The summed E-state index contributed by atoms with van der Waals surface area (Å²) < 4.78 is 0. The highest BCUT2D eigenvalue weighted by Gasteiger charge is 2.41. The molecular formula is C14H25N3O2. The van der Waals surface area contributed by atoms with Gasteiger partial charge in [0.25, 0.3) is 0 Å². The maximum Gasteiger partial charge on any atom is 0.228 e. The number of nitrogens with zero attached hydrogens (tertiary/aromatic N) is 1. The first-order chi connectivity index (χ1) is 8.65. The molecule has 108 valence electrons. The SMILES string of the molecule is CC(C)(C)C(O)C(C)(C)C(=O)NCCc1cnc[nH]1. The topological polar surface area (TPSA) is 78.0 Å². The largest absolute Gasteiger partial charge is 0.391 e. The quantitative estimate of drug-likeness (QED) is 0.756. The van der Waals surface area contributed by atoms with Gasteiger partial charge in [-0.05, 0) is 19.3 Å². The molecule has 0 aliphatic heterocycles. The van der Waals surface area contributed by atoms with E-state index in [1.807, 2.05) is 20.8 Å². The van der Waals surface area contributed by atoms with Crippen LogP contribution in [0, 0.1) is 10.8 Å². The van der Waals surface area contributed by atoms with Gasteiger partial charge >= 0.3 is 0 Å². The molecule has 0 radical (unpaired) electrons. The van der Waals surface area contributed by atoms with Crippen molar-refractivity contribution in [3.8, 4) is 0 Å². The Bertz CT molecular complexity index is 405. The number of H-pyrrole nitrogens is 1. The summed E-state index contributed by atoms with van der Waals surface area (Å²) in [5, 5.41) is 13.2. The fourth-order valence-corrected chi connectivity index (χ4v) is 2.17. The monoisotopic (exact) mass is 267 g/mol. The first-order valence-corrected chi connectivity index (χ1v) is 6.59. The highest BCUT2D eigenvalue weighted by molar-refractivity contribution is 5.82. The van der Waals surface area contributed by atoms with Crippen molar-refractivity contribution >= 4 is 5.91 Å². The number of nitrogens with one attached hydrogen (secondary N) is 2. The molecule has 3 N–H and O–H groups in total. The Balaban J connectivity index is 2.52. The Hall–Kier alpha value is -1.36.